The maximum Gasteiger partial charge on any atom is 0.308 e. The number of likely N-dealkylation sites (N-methyl/N-ethyl adjacent to an activating group) is 1. The van der Waals surface area contributed by atoms with Crippen LogP contribution in [0.1, 0.15) is 26.7 Å². The van der Waals surface area contributed by atoms with E-state index >= 15 is 0 Å². The van der Waals surface area contributed by atoms with Crippen molar-refractivity contribution in [3.8, 4) is 0 Å². The molecule has 0 bridgehead atoms. The summed E-state index contributed by atoms with van der Waals surface area (Å²) in [5.41, 5.74) is 0. The van der Waals surface area contributed by atoms with E-state index in [-0.39, 0.29) is 48.3 Å². The number of carbonyl (C=O) groups excluding carboxylic acids is 2. The second-order valence-corrected chi connectivity index (χ2v) is 4.91. The van der Waals surface area contributed by atoms with Crippen molar-refractivity contribution >= 4 is 41.8 Å². The van der Waals surface area contributed by atoms with E-state index in [0.717, 1.165) is 38.4 Å². The molecule has 0 aromatic carbocycles. The first kappa shape index (κ1) is 20.9. The lowest BCUT2D eigenvalue weighted by molar-refractivity contribution is -0.146. The number of methoxy groups -OCH3 is 1. The quantitative estimate of drug-likeness (QED) is 0.291. The summed E-state index contributed by atoms with van der Waals surface area (Å²) in [5, 5.41) is 5.91. The van der Waals surface area contributed by atoms with Crippen LogP contribution in [0.25, 0.3) is 0 Å². The Hall–Kier alpha value is -1.06. The summed E-state index contributed by atoms with van der Waals surface area (Å²) < 4.78 is 4.78. The number of esters is 1. The Morgan fingerprint density at radius 2 is 1.77 bits per heavy atom. The summed E-state index contributed by atoms with van der Waals surface area (Å²) in [7, 11) is 1.42. The van der Waals surface area contributed by atoms with Crippen molar-refractivity contribution in [3.63, 3.8) is 0 Å². The van der Waals surface area contributed by atoms with Gasteiger partial charge in [-0.3, -0.25) is 9.59 Å². The van der Waals surface area contributed by atoms with Crippen LogP contribution in [0, 0.1) is 5.92 Å². The molecular formula is C14H27IN4O3. The summed E-state index contributed by atoms with van der Waals surface area (Å²) in [6.07, 6.45) is 1.50. The average molecular weight is 426 g/mol. The molecule has 0 aromatic rings. The predicted molar refractivity (Wildman–Crippen MR) is 96.4 cm³/mol. The number of rotatable bonds is 5. The highest BCUT2D eigenvalue weighted by molar-refractivity contribution is 14.0. The smallest absolute Gasteiger partial charge is 0.308 e. The van der Waals surface area contributed by atoms with Gasteiger partial charge in [-0.2, -0.15) is 0 Å². The predicted octanol–water partition coefficient (Wildman–Crippen LogP) is 0.591. The monoisotopic (exact) mass is 426 g/mol. The van der Waals surface area contributed by atoms with E-state index in [4.69, 9.17) is 4.74 Å². The van der Waals surface area contributed by atoms with Crippen LogP contribution in [0.3, 0.4) is 0 Å². The number of nitrogens with zero attached hydrogens (tertiary/aromatic N) is 2. The average Bonchev–Trinajstić information content (AvgIpc) is 2.51. The molecule has 1 amide bonds. The third kappa shape index (κ3) is 6.80. The molecule has 2 N–H and O–H groups in total. The fourth-order valence-corrected chi connectivity index (χ4v) is 2.32. The summed E-state index contributed by atoms with van der Waals surface area (Å²) in [6, 6.07) is 0. The van der Waals surface area contributed by atoms with Crippen LogP contribution in [0.15, 0.2) is 4.99 Å². The van der Waals surface area contributed by atoms with Gasteiger partial charge in [0.25, 0.3) is 0 Å². The summed E-state index contributed by atoms with van der Waals surface area (Å²) in [6.45, 7) is 6.81. The molecule has 1 rings (SSSR count). The van der Waals surface area contributed by atoms with Crippen molar-refractivity contribution in [3.05, 3.63) is 0 Å². The molecule has 7 nitrogen and oxygen atoms in total. The number of hydrogen-bond acceptors (Lipinski definition) is 4. The SMILES string of the molecule is CCNC(=O)CN=C(NCC)N1CCC(C(=O)OC)CC1.I. The maximum absolute atomic E-state index is 11.5. The van der Waals surface area contributed by atoms with Crippen molar-refractivity contribution < 1.29 is 14.3 Å². The Labute approximate surface area is 149 Å². The van der Waals surface area contributed by atoms with Crippen molar-refractivity contribution in [2.75, 3.05) is 39.8 Å². The lowest BCUT2D eigenvalue weighted by Gasteiger charge is -2.33. The van der Waals surface area contributed by atoms with Gasteiger partial charge in [-0.25, -0.2) is 4.99 Å². The molecule has 0 unspecified atom stereocenters. The lowest BCUT2D eigenvalue weighted by Crippen LogP contribution is -2.47. The Morgan fingerprint density at radius 1 is 1.18 bits per heavy atom. The third-order valence-electron chi connectivity index (χ3n) is 3.41. The number of nitrogens with one attached hydrogen (secondary N) is 2. The van der Waals surface area contributed by atoms with Gasteiger partial charge in [-0.05, 0) is 26.7 Å². The van der Waals surface area contributed by atoms with E-state index in [1.807, 2.05) is 13.8 Å². The van der Waals surface area contributed by atoms with E-state index in [2.05, 4.69) is 20.5 Å². The van der Waals surface area contributed by atoms with Crippen LogP contribution in [0.5, 0.6) is 0 Å². The van der Waals surface area contributed by atoms with Crippen molar-refractivity contribution in [1.82, 2.24) is 15.5 Å². The van der Waals surface area contributed by atoms with Gasteiger partial charge in [0.05, 0.1) is 13.0 Å². The number of amides is 1. The molecule has 0 saturated carbocycles. The van der Waals surface area contributed by atoms with Crippen molar-refractivity contribution in [2.24, 2.45) is 10.9 Å². The highest BCUT2D eigenvalue weighted by Gasteiger charge is 2.26. The van der Waals surface area contributed by atoms with Gasteiger partial charge in [0.15, 0.2) is 5.96 Å². The molecule has 1 aliphatic heterocycles. The van der Waals surface area contributed by atoms with Crippen molar-refractivity contribution in [1.29, 1.82) is 0 Å². The van der Waals surface area contributed by atoms with E-state index in [0.29, 0.717) is 6.54 Å². The Bertz CT molecular complexity index is 382. The van der Waals surface area contributed by atoms with Crippen LogP contribution < -0.4 is 10.6 Å². The number of carbonyl (C=O) groups is 2. The van der Waals surface area contributed by atoms with Gasteiger partial charge in [0.1, 0.15) is 6.54 Å². The zero-order valence-electron chi connectivity index (χ0n) is 13.6. The third-order valence-corrected chi connectivity index (χ3v) is 3.41. The number of ether oxygens (including phenoxy) is 1. The zero-order valence-corrected chi connectivity index (χ0v) is 15.9. The molecule has 1 saturated heterocycles. The number of likely N-dealkylation sites (tertiary alicyclic amines) is 1. The fraction of sp³-hybridized carbons (Fsp3) is 0.786. The molecule has 22 heavy (non-hydrogen) atoms. The van der Waals surface area contributed by atoms with Crippen LogP contribution in [-0.2, 0) is 14.3 Å². The van der Waals surface area contributed by atoms with Gasteiger partial charge >= 0.3 is 5.97 Å². The minimum absolute atomic E-state index is 0. The zero-order chi connectivity index (χ0) is 15.7. The van der Waals surface area contributed by atoms with Crippen LogP contribution >= 0.6 is 24.0 Å². The molecule has 128 valence electrons. The number of aliphatic imine (C=N–C) groups is 1. The first-order valence-corrected chi connectivity index (χ1v) is 7.50. The topological polar surface area (TPSA) is 83.0 Å². The molecule has 1 fully saturated rings. The molecular weight excluding hydrogens is 399 g/mol. The summed E-state index contributed by atoms with van der Waals surface area (Å²) in [4.78, 5) is 29.4. The molecule has 0 aromatic heterocycles. The molecule has 0 aliphatic carbocycles. The van der Waals surface area contributed by atoms with Gasteiger partial charge < -0.3 is 20.3 Å². The first-order chi connectivity index (χ1) is 10.1. The Morgan fingerprint density at radius 3 is 2.27 bits per heavy atom. The maximum atomic E-state index is 11.5. The number of piperidine rings is 1. The van der Waals surface area contributed by atoms with Crippen LogP contribution in [0.2, 0.25) is 0 Å². The van der Waals surface area contributed by atoms with E-state index in [1.54, 1.807) is 0 Å². The summed E-state index contributed by atoms with van der Waals surface area (Å²) >= 11 is 0. The van der Waals surface area contributed by atoms with E-state index in [9.17, 15) is 9.59 Å². The molecule has 0 radical (unpaired) electrons. The van der Waals surface area contributed by atoms with Gasteiger partial charge in [0, 0.05) is 26.2 Å². The number of hydrogen-bond donors (Lipinski definition) is 2. The molecule has 8 heteroatoms. The Balaban J connectivity index is 0.00000441. The first-order valence-electron chi connectivity index (χ1n) is 7.50. The van der Waals surface area contributed by atoms with E-state index < -0.39 is 0 Å². The summed E-state index contributed by atoms with van der Waals surface area (Å²) in [5.74, 6) is 0.473. The Kier molecular flexibility index (Phi) is 10.9. The van der Waals surface area contributed by atoms with Crippen LogP contribution in [-0.4, -0.2) is 62.6 Å². The lowest BCUT2D eigenvalue weighted by atomic mass is 9.97. The fourth-order valence-electron chi connectivity index (χ4n) is 2.32. The highest BCUT2D eigenvalue weighted by Crippen LogP contribution is 2.18. The molecule has 1 aliphatic rings. The molecule has 0 spiro atoms. The minimum atomic E-state index is -0.140. The van der Waals surface area contributed by atoms with Gasteiger partial charge in [-0.1, -0.05) is 0 Å². The largest absolute Gasteiger partial charge is 0.469 e. The van der Waals surface area contributed by atoms with Crippen molar-refractivity contribution in [2.45, 2.75) is 26.7 Å². The van der Waals surface area contributed by atoms with Crippen LogP contribution in [0.4, 0.5) is 0 Å². The number of halogens is 1. The second-order valence-electron chi connectivity index (χ2n) is 4.91. The molecule has 0 atom stereocenters. The highest BCUT2D eigenvalue weighted by atomic mass is 127. The molecule has 1 heterocycles. The van der Waals surface area contributed by atoms with Gasteiger partial charge in [-0.15, -0.1) is 24.0 Å². The second kappa shape index (κ2) is 11.5. The van der Waals surface area contributed by atoms with E-state index in [1.165, 1.54) is 7.11 Å². The standard InChI is InChI=1S/C14H26N4O3.HI/c1-4-15-12(19)10-17-14(16-5-2)18-8-6-11(7-9-18)13(20)21-3;/h11H,4-10H2,1-3H3,(H,15,19)(H,16,17);1H. The normalized spacial score (nSPS) is 15.8. The van der Waals surface area contributed by atoms with Gasteiger partial charge in [0.2, 0.25) is 5.91 Å². The minimum Gasteiger partial charge on any atom is -0.469 e. The number of guanidine groups is 1.